The highest BCUT2D eigenvalue weighted by atomic mass is 19.4. The number of carbonyl (C=O) groups is 1. The van der Waals surface area contributed by atoms with Crippen molar-refractivity contribution in [2.24, 2.45) is 0 Å². The van der Waals surface area contributed by atoms with Gasteiger partial charge in [0, 0.05) is 25.1 Å². The van der Waals surface area contributed by atoms with Crippen molar-refractivity contribution in [3.8, 4) is 17.2 Å². The molecule has 1 aliphatic rings. The summed E-state index contributed by atoms with van der Waals surface area (Å²) in [6.07, 6.45) is -3.95. The number of alkyl halides is 3. The summed E-state index contributed by atoms with van der Waals surface area (Å²) in [4.78, 5) is 17.8. The van der Waals surface area contributed by atoms with E-state index in [9.17, 15) is 23.1 Å². The molecule has 0 aliphatic carbocycles. The maximum Gasteiger partial charge on any atom is 0.416 e. The van der Waals surface area contributed by atoms with Crippen LogP contribution in [0.15, 0.2) is 52.9 Å². The first-order valence-electron chi connectivity index (χ1n) is 11.1. The Hall–Kier alpha value is -3.37. The molecule has 1 N–H and O–H groups in total. The van der Waals surface area contributed by atoms with Gasteiger partial charge in [0.25, 0.3) is 0 Å². The van der Waals surface area contributed by atoms with Crippen LogP contribution in [-0.2, 0) is 28.7 Å². The van der Waals surface area contributed by atoms with Gasteiger partial charge < -0.3 is 19.0 Å². The number of ether oxygens (including phenoxy) is 2. The number of carboxylic acid groups (broad SMARTS) is 1. The van der Waals surface area contributed by atoms with Crippen LogP contribution < -0.4 is 4.74 Å². The fourth-order valence-electron chi connectivity index (χ4n) is 3.87. The Kier molecular flexibility index (Phi) is 7.42. The fraction of sp³-hybridized carbons (Fsp3) is 0.360. The minimum absolute atomic E-state index is 0.164. The highest BCUT2D eigenvalue weighted by Gasteiger charge is 2.30. The summed E-state index contributed by atoms with van der Waals surface area (Å²) >= 11 is 0. The molecule has 4 rings (SSSR count). The number of benzene rings is 2. The normalized spacial score (nSPS) is 16.9. The molecule has 0 radical (unpaired) electrons. The minimum Gasteiger partial charge on any atom is -0.493 e. The lowest BCUT2D eigenvalue weighted by Crippen LogP contribution is -2.49. The molecule has 0 spiro atoms. The zero-order valence-corrected chi connectivity index (χ0v) is 19.0. The summed E-state index contributed by atoms with van der Waals surface area (Å²) in [5, 5.41) is 9.40. The van der Waals surface area contributed by atoms with Gasteiger partial charge in [-0.25, -0.2) is 4.98 Å². The summed E-state index contributed by atoms with van der Waals surface area (Å²) < 4.78 is 55.1. The Morgan fingerprint density at radius 2 is 2.00 bits per heavy atom. The van der Waals surface area contributed by atoms with E-state index in [1.807, 2.05) is 29.2 Å². The summed E-state index contributed by atoms with van der Waals surface area (Å²) in [5.41, 5.74) is 1.32. The van der Waals surface area contributed by atoms with E-state index in [0.29, 0.717) is 55.5 Å². The number of aryl methyl sites for hydroxylation is 1. The molecular formula is C25H25F3N2O5. The molecule has 3 aromatic rings. The topological polar surface area (TPSA) is 85.0 Å². The van der Waals surface area contributed by atoms with E-state index in [1.165, 1.54) is 12.1 Å². The number of aromatic nitrogens is 1. The molecule has 2 aromatic carbocycles. The predicted molar refractivity (Wildman–Crippen MR) is 120 cm³/mol. The molecule has 0 unspecified atom stereocenters. The summed E-state index contributed by atoms with van der Waals surface area (Å²) in [6.45, 7) is 3.73. The van der Waals surface area contributed by atoms with Gasteiger partial charge in [0.05, 0.1) is 31.1 Å². The molecule has 1 aliphatic heterocycles. The monoisotopic (exact) mass is 490 g/mol. The average molecular weight is 490 g/mol. The number of aliphatic carboxylic acids is 1. The van der Waals surface area contributed by atoms with E-state index in [0.717, 1.165) is 17.7 Å². The second kappa shape index (κ2) is 10.5. The van der Waals surface area contributed by atoms with Crippen molar-refractivity contribution in [1.29, 1.82) is 0 Å². The number of oxazole rings is 1. The summed E-state index contributed by atoms with van der Waals surface area (Å²) in [6, 6.07) is 11.5. The first kappa shape index (κ1) is 24.7. The van der Waals surface area contributed by atoms with E-state index in [1.54, 1.807) is 6.92 Å². The second-order valence-electron chi connectivity index (χ2n) is 8.24. The maximum absolute atomic E-state index is 12.8. The van der Waals surface area contributed by atoms with Crippen molar-refractivity contribution in [2.45, 2.75) is 32.1 Å². The van der Waals surface area contributed by atoms with Crippen LogP contribution in [0, 0.1) is 6.92 Å². The lowest BCUT2D eigenvalue weighted by Gasteiger charge is -2.32. The maximum atomic E-state index is 12.8. The number of nitrogens with zero attached hydrogens (tertiary/aromatic N) is 2. The zero-order valence-electron chi connectivity index (χ0n) is 19.0. The molecule has 0 saturated carbocycles. The molecular weight excluding hydrogens is 465 g/mol. The van der Waals surface area contributed by atoms with Gasteiger partial charge in [0.2, 0.25) is 5.89 Å². The summed E-state index contributed by atoms with van der Waals surface area (Å²) in [5.74, 6) is 0.568. The molecule has 0 amide bonds. The predicted octanol–water partition coefficient (Wildman–Crippen LogP) is 4.58. The number of morpholine rings is 1. The van der Waals surface area contributed by atoms with Crippen LogP contribution in [0.3, 0.4) is 0 Å². The average Bonchev–Trinajstić information content (AvgIpc) is 3.19. The molecule has 1 aromatic heterocycles. The minimum atomic E-state index is -4.40. The smallest absolute Gasteiger partial charge is 0.416 e. The van der Waals surface area contributed by atoms with Gasteiger partial charge in [0.15, 0.2) is 0 Å². The van der Waals surface area contributed by atoms with Crippen molar-refractivity contribution in [3.05, 3.63) is 71.1 Å². The molecule has 0 bridgehead atoms. The van der Waals surface area contributed by atoms with Crippen molar-refractivity contribution < 1.29 is 37.0 Å². The van der Waals surface area contributed by atoms with Crippen LogP contribution in [0.5, 0.6) is 5.75 Å². The van der Waals surface area contributed by atoms with Crippen LogP contribution in [0.4, 0.5) is 13.2 Å². The van der Waals surface area contributed by atoms with Crippen LogP contribution in [-0.4, -0.2) is 53.4 Å². The van der Waals surface area contributed by atoms with Crippen molar-refractivity contribution in [2.75, 3.05) is 26.4 Å². The number of hydrogen-bond donors (Lipinski definition) is 1. The van der Waals surface area contributed by atoms with Crippen LogP contribution in [0.1, 0.15) is 22.6 Å². The van der Waals surface area contributed by atoms with E-state index in [4.69, 9.17) is 13.9 Å². The SMILES string of the molecule is Cc1oc(-c2ccc(C(F)(F)F)cc2)nc1CCOc1cccc(CN2CCOC[C@H]2C(=O)O)c1. The van der Waals surface area contributed by atoms with E-state index in [2.05, 4.69) is 4.98 Å². The van der Waals surface area contributed by atoms with Gasteiger partial charge in [-0.1, -0.05) is 12.1 Å². The molecule has 1 atom stereocenters. The molecule has 186 valence electrons. The van der Waals surface area contributed by atoms with Gasteiger partial charge in [-0.05, 0) is 48.9 Å². The van der Waals surface area contributed by atoms with Gasteiger partial charge in [0.1, 0.15) is 17.6 Å². The van der Waals surface area contributed by atoms with Crippen molar-refractivity contribution in [3.63, 3.8) is 0 Å². The molecule has 35 heavy (non-hydrogen) atoms. The Balaban J connectivity index is 1.35. The van der Waals surface area contributed by atoms with Crippen molar-refractivity contribution in [1.82, 2.24) is 9.88 Å². The highest BCUT2D eigenvalue weighted by molar-refractivity contribution is 5.73. The molecule has 1 fully saturated rings. The van der Waals surface area contributed by atoms with Crippen molar-refractivity contribution >= 4 is 5.97 Å². The quantitative estimate of drug-likeness (QED) is 0.495. The Morgan fingerprint density at radius 1 is 1.23 bits per heavy atom. The van der Waals surface area contributed by atoms with Gasteiger partial charge in [-0.2, -0.15) is 13.2 Å². The lowest BCUT2D eigenvalue weighted by molar-refractivity contribution is -0.150. The largest absolute Gasteiger partial charge is 0.493 e. The Bertz CT molecular complexity index is 1160. The Labute approximate surface area is 200 Å². The third kappa shape index (κ3) is 6.20. The number of carboxylic acids is 1. The standard InChI is InChI=1S/C25H25F3N2O5/c1-16-21(29-23(35-16)18-5-7-19(8-6-18)25(26,27)28)9-11-34-20-4-2-3-17(13-20)14-30-10-12-33-15-22(30)24(31)32/h2-8,13,22H,9-12,14-15H2,1H3,(H,31,32)/t22-/m0/s1. The number of rotatable bonds is 8. The third-order valence-electron chi connectivity index (χ3n) is 5.77. The second-order valence-corrected chi connectivity index (χ2v) is 8.24. The molecule has 10 heteroatoms. The van der Waals surface area contributed by atoms with Gasteiger partial charge in [-0.15, -0.1) is 0 Å². The first-order chi connectivity index (χ1) is 16.7. The van der Waals surface area contributed by atoms with Gasteiger partial charge in [-0.3, -0.25) is 9.69 Å². The highest BCUT2D eigenvalue weighted by Crippen LogP contribution is 2.31. The summed E-state index contributed by atoms with van der Waals surface area (Å²) in [7, 11) is 0. The Morgan fingerprint density at radius 3 is 2.71 bits per heavy atom. The van der Waals surface area contributed by atoms with Crippen LogP contribution in [0.2, 0.25) is 0 Å². The van der Waals surface area contributed by atoms with E-state index in [-0.39, 0.29) is 12.5 Å². The van der Waals surface area contributed by atoms with Crippen LogP contribution in [0.25, 0.3) is 11.5 Å². The van der Waals surface area contributed by atoms with E-state index < -0.39 is 23.8 Å². The fourth-order valence-corrected chi connectivity index (χ4v) is 3.87. The van der Waals surface area contributed by atoms with Crippen LogP contribution >= 0.6 is 0 Å². The van der Waals surface area contributed by atoms with E-state index >= 15 is 0 Å². The lowest BCUT2D eigenvalue weighted by atomic mass is 10.1. The molecule has 7 nitrogen and oxygen atoms in total. The number of hydrogen-bond acceptors (Lipinski definition) is 6. The molecule has 1 saturated heterocycles. The molecule has 2 heterocycles. The zero-order chi connectivity index (χ0) is 25.0. The number of halogens is 3. The first-order valence-corrected chi connectivity index (χ1v) is 11.1. The van der Waals surface area contributed by atoms with Gasteiger partial charge >= 0.3 is 12.1 Å². The third-order valence-corrected chi connectivity index (χ3v) is 5.77.